The van der Waals surface area contributed by atoms with E-state index >= 15 is 0 Å². The Balaban J connectivity index is 0.00000200. The molecule has 1 saturated heterocycles. The molecule has 0 bridgehead atoms. The van der Waals surface area contributed by atoms with Crippen LogP contribution >= 0.6 is 24.8 Å². The molecule has 1 heterocycles. The van der Waals surface area contributed by atoms with Crippen LogP contribution < -0.4 is 5.32 Å². The molecule has 2 N–H and O–H groups in total. The lowest BCUT2D eigenvalue weighted by atomic mass is 9.96. The Morgan fingerprint density at radius 1 is 1.33 bits per heavy atom. The van der Waals surface area contributed by atoms with Crippen molar-refractivity contribution in [2.75, 3.05) is 26.2 Å². The first-order valence-electron chi connectivity index (χ1n) is 7.08. The van der Waals surface area contributed by atoms with E-state index in [-0.39, 0.29) is 24.8 Å². The molecule has 1 aliphatic heterocycles. The molecule has 0 aliphatic carbocycles. The largest absolute Gasteiger partial charge is 0.507 e. The lowest BCUT2D eigenvalue weighted by Gasteiger charge is -2.35. The molecule has 1 aromatic rings. The van der Waals surface area contributed by atoms with Gasteiger partial charge in [0.15, 0.2) is 0 Å². The third kappa shape index (κ3) is 5.19. The highest BCUT2D eigenvalue weighted by atomic mass is 35.5. The minimum absolute atomic E-state index is 0. The van der Waals surface area contributed by atoms with Gasteiger partial charge in [0, 0.05) is 37.8 Å². The van der Waals surface area contributed by atoms with Gasteiger partial charge >= 0.3 is 0 Å². The van der Waals surface area contributed by atoms with Gasteiger partial charge in [0.05, 0.1) is 0 Å². The molecule has 2 rings (SSSR count). The normalized spacial score (nSPS) is 16.4. The molecule has 120 valence electrons. The van der Waals surface area contributed by atoms with Crippen LogP contribution in [0.1, 0.15) is 30.0 Å². The van der Waals surface area contributed by atoms with Gasteiger partial charge in [0.1, 0.15) is 5.75 Å². The van der Waals surface area contributed by atoms with Gasteiger partial charge in [-0.25, -0.2) is 0 Å². The number of hydrogen-bond donors (Lipinski definition) is 2. The number of rotatable bonds is 5. The quantitative estimate of drug-likeness (QED) is 0.810. The zero-order valence-electron chi connectivity index (χ0n) is 12.5. The molecule has 1 atom stereocenters. The lowest BCUT2D eigenvalue weighted by molar-refractivity contribution is 0.163. The van der Waals surface area contributed by atoms with Gasteiger partial charge < -0.3 is 10.4 Å². The summed E-state index contributed by atoms with van der Waals surface area (Å²) in [4.78, 5) is 2.47. The molecule has 0 aromatic heterocycles. The van der Waals surface area contributed by atoms with E-state index in [4.69, 9.17) is 0 Å². The van der Waals surface area contributed by atoms with E-state index in [0.717, 1.165) is 50.1 Å². The second-order valence-electron chi connectivity index (χ2n) is 5.18. The molecule has 5 heteroatoms. The maximum Gasteiger partial charge on any atom is 0.123 e. The van der Waals surface area contributed by atoms with Gasteiger partial charge in [0.2, 0.25) is 0 Å². The van der Waals surface area contributed by atoms with Crippen molar-refractivity contribution in [3.63, 3.8) is 0 Å². The average Bonchev–Trinajstić information content (AvgIpc) is 2.45. The first-order valence-corrected chi connectivity index (χ1v) is 7.08. The van der Waals surface area contributed by atoms with E-state index in [9.17, 15) is 5.11 Å². The van der Waals surface area contributed by atoms with Crippen molar-refractivity contribution >= 4 is 24.8 Å². The second kappa shape index (κ2) is 10.1. The highest BCUT2D eigenvalue weighted by Crippen LogP contribution is 2.34. The number of aryl methyl sites for hydroxylation is 1. The number of aromatic hydroxyl groups is 1. The number of piperazine rings is 1. The van der Waals surface area contributed by atoms with Crippen LogP contribution in [0, 0.1) is 6.92 Å². The molecule has 3 nitrogen and oxygen atoms in total. The van der Waals surface area contributed by atoms with E-state index in [1.807, 2.05) is 25.1 Å². The first-order chi connectivity index (χ1) is 9.24. The van der Waals surface area contributed by atoms with Gasteiger partial charge in [0.25, 0.3) is 0 Å². The average molecular weight is 333 g/mol. The van der Waals surface area contributed by atoms with Crippen LogP contribution in [-0.4, -0.2) is 36.2 Å². The van der Waals surface area contributed by atoms with Crippen molar-refractivity contribution in [3.05, 3.63) is 42.0 Å². The number of nitrogens with one attached hydrogen (secondary N) is 1. The Bertz CT molecular complexity index is 434. The smallest absolute Gasteiger partial charge is 0.123 e. The van der Waals surface area contributed by atoms with E-state index in [0.29, 0.717) is 11.8 Å². The minimum atomic E-state index is 0. The molecule has 0 spiro atoms. The molecule has 1 aromatic carbocycles. The Morgan fingerprint density at radius 2 is 2.00 bits per heavy atom. The maximum absolute atomic E-state index is 10.3. The predicted molar refractivity (Wildman–Crippen MR) is 94.0 cm³/mol. The van der Waals surface area contributed by atoms with Crippen LogP contribution in [0.2, 0.25) is 0 Å². The van der Waals surface area contributed by atoms with E-state index in [2.05, 4.69) is 22.9 Å². The first kappa shape index (κ1) is 20.3. The Hall–Kier alpha value is -0.740. The van der Waals surface area contributed by atoms with E-state index in [1.54, 1.807) is 0 Å². The molecule has 0 radical (unpaired) electrons. The highest BCUT2D eigenvalue weighted by Gasteiger charge is 2.24. The Labute approximate surface area is 140 Å². The standard InChI is InChI=1S/C16H24N2O.2ClH/c1-3-4-8-15(18-11-9-17-10-12-18)14-7-5-6-13(2)16(14)19;;/h3,5-7,15,17,19H,1,4,8-12H2,2H3;2*1H/t15-;;/m0../s1. The summed E-state index contributed by atoms with van der Waals surface area (Å²) < 4.78 is 0. The summed E-state index contributed by atoms with van der Waals surface area (Å²) in [7, 11) is 0. The molecule has 1 aliphatic rings. The zero-order valence-corrected chi connectivity index (χ0v) is 14.2. The van der Waals surface area contributed by atoms with Gasteiger partial charge in [-0.1, -0.05) is 24.3 Å². The number of allylic oxidation sites excluding steroid dienone is 1. The van der Waals surface area contributed by atoms with Crippen LogP contribution in [0.4, 0.5) is 0 Å². The molecule has 0 unspecified atom stereocenters. The summed E-state index contributed by atoms with van der Waals surface area (Å²) in [5, 5.41) is 13.7. The van der Waals surface area contributed by atoms with Crippen LogP contribution in [0.25, 0.3) is 0 Å². The van der Waals surface area contributed by atoms with Crippen LogP contribution in [0.3, 0.4) is 0 Å². The maximum atomic E-state index is 10.3. The summed E-state index contributed by atoms with van der Waals surface area (Å²) in [6, 6.07) is 6.34. The third-order valence-electron chi connectivity index (χ3n) is 3.86. The van der Waals surface area contributed by atoms with Crippen molar-refractivity contribution in [1.82, 2.24) is 10.2 Å². The molecule has 21 heavy (non-hydrogen) atoms. The SMILES string of the molecule is C=CCC[C@@H](c1cccc(C)c1O)N1CCNCC1.Cl.Cl. The highest BCUT2D eigenvalue weighted by molar-refractivity contribution is 5.85. The summed E-state index contributed by atoms with van der Waals surface area (Å²) in [6.45, 7) is 9.90. The third-order valence-corrected chi connectivity index (χ3v) is 3.86. The summed E-state index contributed by atoms with van der Waals surface area (Å²) in [5.74, 6) is 0.454. The number of nitrogens with zero attached hydrogens (tertiary/aromatic N) is 1. The number of phenolic OH excluding ortho intramolecular Hbond substituents is 1. The van der Waals surface area contributed by atoms with Crippen LogP contribution in [0.15, 0.2) is 30.9 Å². The Morgan fingerprint density at radius 3 is 2.62 bits per heavy atom. The van der Waals surface area contributed by atoms with E-state index in [1.165, 1.54) is 0 Å². The van der Waals surface area contributed by atoms with Crippen LogP contribution in [-0.2, 0) is 0 Å². The molecular formula is C16H26Cl2N2O. The number of hydrogen-bond acceptors (Lipinski definition) is 3. The van der Waals surface area contributed by atoms with Gasteiger partial charge in [-0.05, 0) is 25.3 Å². The van der Waals surface area contributed by atoms with Crippen molar-refractivity contribution in [3.8, 4) is 5.75 Å². The summed E-state index contributed by atoms with van der Waals surface area (Å²) >= 11 is 0. The van der Waals surface area contributed by atoms with Gasteiger partial charge in [-0.3, -0.25) is 4.90 Å². The van der Waals surface area contributed by atoms with Gasteiger partial charge in [-0.15, -0.1) is 31.4 Å². The topological polar surface area (TPSA) is 35.5 Å². The van der Waals surface area contributed by atoms with E-state index < -0.39 is 0 Å². The number of phenols is 1. The van der Waals surface area contributed by atoms with Gasteiger partial charge in [-0.2, -0.15) is 0 Å². The molecular weight excluding hydrogens is 307 g/mol. The summed E-state index contributed by atoms with van der Waals surface area (Å²) in [5.41, 5.74) is 2.01. The fourth-order valence-corrected chi connectivity index (χ4v) is 2.75. The van der Waals surface area contributed by atoms with Crippen molar-refractivity contribution in [2.45, 2.75) is 25.8 Å². The minimum Gasteiger partial charge on any atom is -0.507 e. The van der Waals surface area contributed by atoms with Crippen molar-refractivity contribution < 1.29 is 5.11 Å². The zero-order chi connectivity index (χ0) is 13.7. The second-order valence-corrected chi connectivity index (χ2v) is 5.18. The van der Waals surface area contributed by atoms with Crippen molar-refractivity contribution in [2.24, 2.45) is 0 Å². The number of benzene rings is 1. The molecule has 0 saturated carbocycles. The number of para-hydroxylation sites is 1. The summed E-state index contributed by atoms with van der Waals surface area (Å²) in [6.07, 6.45) is 3.95. The van der Waals surface area contributed by atoms with Crippen LogP contribution in [0.5, 0.6) is 5.75 Å². The predicted octanol–water partition coefficient (Wildman–Crippen LogP) is 3.46. The molecule has 0 amide bonds. The fourth-order valence-electron chi connectivity index (χ4n) is 2.75. The lowest BCUT2D eigenvalue weighted by Crippen LogP contribution is -2.45. The monoisotopic (exact) mass is 332 g/mol. The van der Waals surface area contributed by atoms with Crippen molar-refractivity contribution in [1.29, 1.82) is 0 Å². The Kier molecular flexibility index (Phi) is 9.71. The number of halogens is 2. The fraction of sp³-hybridized carbons (Fsp3) is 0.500. The molecule has 1 fully saturated rings.